The van der Waals surface area contributed by atoms with Crippen LogP contribution in [0.15, 0.2) is 18.3 Å². The summed E-state index contributed by atoms with van der Waals surface area (Å²) in [7, 11) is 1.65. The molecular formula is C19H31N3O3. The standard InChI is InChI=1S/C19H31N3O3/c1-24-10-6-20-19(23)11-17-13-21(12-16-4-8-25-9-5-16)15-18-3-2-7-22(18)14-17/h2-3,7,16-17H,4-6,8-15H2,1H3,(H,20,23). The fourth-order valence-corrected chi connectivity index (χ4v) is 3.95. The zero-order chi connectivity index (χ0) is 17.5. The second-order valence-electron chi connectivity index (χ2n) is 7.31. The lowest BCUT2D eigenvalue weighted by atomic mass is 9.98. The molecule has 0 bridgehead atoms. The van der Waals surface area contributed by atoms with Gasteiger partial charge >= 0.3 is 0 Å². The predicted molar refractivity (Wildman–Crippen MR) is 96.2 cm³/mol. The van der Waals surface area contributed by atoms with E-state index in [0.717, 1.165) is 52.2 Å². The van der Waals surface area contributed by atoms with Gasteiger partial charge in [-0.25, -0.2) is 0 Å². The molecule has 3 heterocycles. The van der Waals surface area contributed by atoms with Gasteiger partial charge in [-0.15, -0.1) is 0 Å². The van der Waals surface area contributed by atoms with E-state index < -0.39 is 0 Å². The summed E-state index contributed by atoms with van der Waals surface area (Å²) in [5.74, 6) is 1.19. The maximum absolute atomic E-state index is 12.2. The molecule has 2 aliphatic heterocycles. The Hall–Kier alpha value is -1.37. The van der Waals surface area contributed by atoms with E-state index in [2.05, 4.69) is 33.1 Å². The van der Waals surface area contributed by atoms with E-state index in [9.17, 15) is 4.79 Å². The summed E-state index contributed by atoms with van der Waals surface area (Å²) < 4.78 is 12.8. The van der Waals surface area contributed by atoms with Gasteiger partial charge in [0.05, 0.1) is 6.61 Å². The lowest BCUT2D eigenvalue weighted by molar-refractivity contribution is -0.122. The summed E-state index contributed by atoms with van der Waals surface area (Å²) in [6, 6.07) is 4.32. The van der Waals surface area contributed by atoms with Gasteiger partial charge in [0.2, 0.25) is 5.91 Å². The highest BCUT2D eigenvalue weighted by atomic mass is 16.5. The molecule has 6 nitrogen and oxygen atoms in total. The van der Waals surface area contributed by atoms with Crippen LogP contribution in [0.5, 0.6) is 0 Å². The summed E-state index contributed by atoms with van der Waals surface area (Å²) in [4.78, 5) is 14.8. The SMILES string of the molecule is COCCNC(=O)CC1CN(CC2CCOCC2)Cc2cccn2C1. The van der Waals surface area contributed by atoms with Crippen molar-refractivity contribution in [2.75, 3.05) is 46.6 Å². The molecule has 2 aliphatic rings. The van der Waals surface area contributed by atoms with Gasteiger partial charge < -0.3 is 19.4 Å². The molecule has 1 aromatic heterocycles. The van der Waals surface area contributed by atoms with Crippen molar-refractivity contribution in [1.29, 1.82) is 0 Å². The lowest BCUT2D eigenvalue weighted by Gasteiger charge is -2.30. The van der Waals surface area contributed by atoms with Crippen LogP contribution in [0.4, 0.5) is 0 Å². The quantitative estimate of drug-likeness (QED) is 0.758. The van der Waals surface area contributed by atoms with Gasteiger partial charge in [-0.2, -0.15) is 0 Å². The summed E-state index contributed by atoms with van der Waals surface area (Å²) in [5.41, 5.74) is 1.36. The van der Waals surface area contributed by atoms with Crippen molar-refractivity contribution in [2.24, 2.45) is 11.8 Å². The van der Waals surface area contributed by atoms with Gasteiger partial charge in [-0.05, 0) is 36.8 Å². The van der Waals surface area contributed by atoms with Crippen molar-refractivity contribution in [3.63, 3.8) is 0 Å². The van der Waals surface area contributed by atoms with Crippen LogP contribution in [0.25, 0.3) is 0 Å². The number of nitrogens with zero attached hydrogens (tertiary/aromatic N) is 2. The zero-order valence-corrected chi connectivity index (χ0v) is 15.3. The van der Waals surface area contributed by atoms with Crippen LogP contribution < -0.4 is 5.32 Å². The van der Waals surface area contributed by atoms with Crippen molar-refractivity contribution in [3.8, 4) is 0 Å². The Morgan fingerprint density at radius 2 is 2.16 bits per heavy atom. The number of amides is 1. The number of carbonyl (C=O) groups is 1. The molecular weight excluding hydrogens is 318 g/mol. The van der Waals surface area contributed by atoms with Crippen molar-refractivity contribution in [1.82, 2.24) is 14.8 Å². The Kier molecular flexibility index (Phi) is 6.90. The van der Waals surface area contributed by atoms with Crippen LogP contribution in [0.1, 0.15) is 25.0 Å². The van der Waals surface area contributed by atoms with E-state index in [-0.39, 0.29) is 5.91 Å². The van der Waals surface area contributed by atoms with Gasteiger partial charge in [-0.1, -0.05) is 0 Å². The molecule has 1 N–H and O–H groups in total. The van der Waals surface area contributed by atoms with Crippen LogP contribution in [-0.2, 0) is 27.4 Å². The van der Waals surface area contributed by atoms with Crippen LogP contribution >= 0.6 is 0 Å². The number of methoxy groups -OCH3 is 1. The van der Waals surface area contributed by atoms with Crippen molar-refractivity contribution < 1.29 is 14.3 Å². The highest BCUT2D eigenvalue weighted by Crippen LogP contribution is 2.23. The smallest absolute Gasteiger partial charge is 0.220 e. The van der Waals surface area contributed by atoms with Gasteiger partial charge in [0.15, 0.2) is 0 Å². The highest BCUT2D eigenvalue weighted by molar-refractivity contribution is 5.76. The molecule has 1 fully saturated rings. The molecule has 1 unspecified atom stereocenters. The number of aromatic nitrogens is 1. The maximum Gasteiger partial charge on any atom is 0.220 e. The Balaban J connectivity index is 1.59. The van der Waals surface area contributed by atoms with Crippen LogP contribution in [0.2, 0.25) is 0 Å². The van der Waals surface area contributed by atoms with Gasteiger partial charge in [-0.3, -0.25) is 9.69 Å². The van der Waals surface area contributed by atoms with E-state index in [4.69, 9.17) is 9.47 Å². The summed E-state index contributed by atoms with van der Waals surface area (Å²) in [6.45, 7) is 6.92. The predicted octanol–water partition coefficient (Wildman–Crippen LogP) is 1.50. The fourth-order valence-electron chi connectivity index (χ4n) is 3.95. The number of nitrogens with one attached hydrogen (secondary N) is 1. The van der Waals surface area contributed by atoms with E-state index in [1.54, 1.807) is 7.11 Å². The molecule has 0 saturated carbocycles. The average molecular weight is 349 g/mol. The third-order valence-corrected chi connectivity index (χ3v) is 5.24. The Labute approximate surface area is 150 Å². The minimum Gasteiger partial charge on any atom is -0.383 e. The van der Waals surface area contributed by atoms with Gasteiger partial charge in [0.1, 0.15) is 0 Å². The normalized spacial score (nSPS) is 22.4. The zero-order valence-electron chi connectivity index (χ0n) is 15.3. The average Bonchev–Trinajstić information content (AvgIpc) is 2.96. The maximum atomic E-state index is 12.2. The minimum atomic E-state index is 0.128. The second kappa shape index (κ2) is 9.36. The lowest BCUT2D eigenvalue weighted by Crippen LogP contribution is -2.36. The highest BCUT2D eigenvalue weighted by Gasteiger charge is 2.26. The van der Waals surface area contributed by atoms with Crippen LogP contribution in [0.3, 0.4) is 0 Å². The van der Waals surface area contributed by atoms with Crippen molar-refractivity contribution in [3.05, 3.63) is 24.0 Å². The topological polar surface area (TPSA) is 55.7 Å². The first-order valence-electron chi connectivity index (χ1n) is 9.44. The Bertz CT molecular complexity index is 540. The van der Waals surface area contributed by atoms with Crippen molar-refractivity contribution >= 4 is 5.91 Å². The Morgan fingerprint density at radius 1 is 1.32 bits per heavy atom. The summed E-state index contributed by atoms with van der Waals surface area (Å²) >= 11 is 0. The first kappa shape index (κ1) is 18.4. The first-order valence-corrected chi connectivity index (χ1v) is 9.44. The van der Waals surface area contributed by atoms with E-state index in [0.29, 0.717) is 31.4 Å². The van der Waals surface area contributed by atoms with Gasteiger partial charge in [0.25, 0.3) is 0 Å². The summed E-state index contributed by atoms with van der Waals surface area (Å²) in [5, 5.41) is 2.96. The number of rotatable bonds is 7. The van der Waals surface area contributed by atoms with E-state index >= 15 is 0 Å². The largest absolute Gasteiger partial charge is 0.383 e. The molecule has 6 heteroatoms. The molecule has 0 aliphatic carbocycles. The molecule has 0 radical (unpaired) electrons. The second-order valence-corrected chi connectivity index (χ2v) is 7.31. The molecule has 0 aromatic carbocycles. The van der Waals surface area contributed by atoms with Crippen molar-refractivity contribution in [2.45, 2.75) is 32.4 Å². The number of carbonyl (C=O) groups excluding carboxylic acids is 1. The van der Waals surface area contributed by atoms with Crippen LogP contribution in [-0.4, -0.2) is 61.9 Å². The monoisotopic (exact) mass is 349 g/mol. The Morgan fingerprint density at radius 3 is 2.96 bits per heavy atom. The molecule has 140 valence electrons. The number of ether oxygens (including phenoxy) is 2. The molecule has 0 spiro atoms. The molecule has 1 atom stereocenters. The third kappa shape index (κ3) is 5.56. The minimum absolute atomic E-state index is 0.128. The van der Waals surface area contributed by atoms with E-state index in [1.165, 1.54) is 5.69 Å². The van der Waals surface area contributed by atoms with Crippen LogP contribution in [0, 0.1) is 11.8 Å². The van der Waals surface area contributed by atoms with Gasteiger partial charge in [0, 0.05) is 71.4 Å². The number of hydrogen-bond acceptors (Lipinski definition) is 4. The number of hydrogen-bond donors (Lipinski definition) is 1. The molecule has 1 amide bonds. The molecule has 1 aromatic rings. The third-order valence-electron chi connectivity index (χ3n) is 5.24. The molecule has 25 heavy (non-hydrogen) atoms. The number of fused-ring (bicyclic) bond motifs is 1. The fraction of sp³-hybridized carbons (Fsp3) is 0.737. The first-order chi connectivity index (χ1) is 12.2. The summed E-state index contributed by atoms with van der Waals surface area (Å²) in [6.07, 6.45) is 5.02. The van der Waals surface area contributed by atoms with E-state index in [1.807, 2.05) is 0 Å². The molecule has 1 saturated heterocycles. The molecule has 3 rings (SSSR count).